The Morgan fingerprint density at radius 3 is 2.56 bits per heavy atom. The number of hydrogen-bond acceptors (Lipinski definition) is 10. The van der Waals surface area contributed by atoms with Gasteiger partial charge in [-0.15, -0.1) is 21.5 Å². The van der Waals surface area contributed by atoms with Crippen LogP contribution < -0.4 is 14.8 Å². The Morgan fingerprint density at radius 1 is 1.12 bits per heavy atom. The molecule has 0 fully saturated rings. The van der Waals surface area contributed by atoms with E-state index in [0.717, 1.165) is 41.5 Å². The number of nitrogens with zero attached hydrogens (tertiary/aromatic N) is 2. The summed E-state index contributed by atoms with van der Waals surface area (Å²) in [6.45, 7) is 0. The van der Waals surface area contributed by atoms with Crippen LogP contribution in [0.15, 0.2) is 27.8 Å². The van der Waals surface area contributed by atoms with Crippen molar-refractivity contribution in [2.45, 2.75) is 24.5 Å². The third-order valence-electron chi connectivity index (χ3n) is 4.90. The van der Waals surface area contributed by atoms with Crippen molar-refractivity contribution in [1.82, 2.24) is 10.2 Å². The molecule has 0 saturated heterocycles. The number of amides is 1. The molecule has 0 spiro atoms. The molecule has 0 atom stereocenters. The molecule has 1 aromatic carbocycles. The van der Waals surface area contributed by atoms with Crippen LogP contribution in [0.4, 0.5) is 5.00 Å². The number of benzene rings is 1. The topological polar surface area (TPSA) is 113 Å². The monoisotopic (exact) mass is 475 g/mol. The summed E-state index contributed by atoms with van der Waals surface area (Å²) in [5, 5.41) is 11.6. The first kappa shape index (κ1) is 22.2. The number of fused-ring (bicyclic) bond motifs is 1. The SMILES string of the molecule is COC(=O)c1c(NC(=O)CSc2nnc(-c3cc(OC)cc(OC)c3)o2)sc2c1CCC2. The number of carbonyl (C=O) groups excluding carboxylic acids is 2. The number of hydrogen-bond donors (Lipinski definition) is 1. The highest BCUT2D eigenvalue weighted by molar-refractivity contribution is 7.99. The van der Waals surface area contributed by atoms with Crippen molar-refractivity contribution in [2.75, 3.05) is 32.4 Å². The first-order valence-electron chi connectivity index (χ1n) is 9.74. The molecule has 0 bridgehead atoms. The lowest BCUT2D eigenvalue weighted by atomic mass is 10.1. The molecule has 0 radical (unpaired) electrons. The van der Waals surface area contributed by atoms with E-state index in [1.54, 1.807) is 32.4 Å². The van der Waals surface area contributed by atoms with Crippen molar-refractivity contribution in [1.29, 1.82) is 0 Å². The van der Waals surface area contributed by atoms with Crippen molar-refractivity contribution in [3.63, 3.8) is 0 Å². The fourth-order valence-corrected chi connectivity index (χ4v) is 5.27. The maximum Gasteiger partial charge on any atom is 0.341 e. The van der Waals surface area contributed by atoms with Crippen molar-refractivity contribution in [3.05, 3.63) is 34.2 Å². The van der Waals surface area contributed by atoms with Crippen LogP contribution in [0.2, 0.25) is 0 Å². The minimum absolute atomic E-state index is 0.0479. The van der Waals surface area contributed by atoms with E-state index in [2.05, 4.69) is 15.5 Å². The molecule has 1 aliphatic rings. The van der Waals surface area contributed by atoms with E-state index in [1.165, 1.54) is 18.4 Å². The molecule has 168 valence electrons. The van der Waals surface area contributed by atoms with Gasteiger partial charge >= 0.3 is 5.97 Å². The molecule has 0 saturated carbocycles. The zero-order chi connectivity index (χ0) is 22.7. The Morgan fingerprint density at radius 2 is 1.88 bits per heavy atom. The van der Waals surface area contributed by atoms with Crippen molar-refractivity contribution in [3.8, 4) is 23.0 Å². The molecular formula is C21H21N3O6S2. The number of ether oxygens (including phenoxy) is 3. The second-order valence-corrected chi connectivity index (χ2v) is 8.90. The number of nitrogens with one attached hydrogen (secondary N) is 1. The van der Waals surface area contributed by atoms with Gasteiger partial charge in [0.1, 0.15) is 16.5 Å². The zero-order valence-electron chi connectivity index (χ0n) is 17.7. The van der Waals surface area contributed by atoms with Crippen LogP contribution in [0, 0.1) is 0 Å². The number of carbonyl (C=O) groups is 2. The van der Waals surface area contributed by atoms with Gasteiger partial charge in [0, 0.05) is 16.5 Å². The van der Waals surface area contributed by atoms with Gasteiger partial charge in [-0.1, -0.05) is 11.8 Å². The lowest BCUT2D eigenvalue weighted by Gasteiger charge is -2.06. The first-order chi connectivity index (χ1) is 15.5. The molecule has 11 heteroatoms. The molecule has 9 nitrogen and oxygen atoms in total. The highest BCUT2D eigenvalue weighted by Gasteiger charge is 2.28. The number of methoxy groups -OCH3 is 3. The number of thiophene rings is 1. The highest BCUT2D eigenvalue weighted by atomic mass is 32.2. The van der Waals surface area contributed by atoms with Crippen LogP contribution in [0.5, 0.6) is 11.5 Å². The maximum absolute atomic E-state index is 12.5. The van der Waals surface area contributed by atoms with Gasteiger partial charge in [-0.05, 0) is 37.0 Å². The maximum atomic E-state index is 12.5. The molecule has 0 aliphatic heterocycles. The van der Waals surface area contributed by atoms with E-state index < -0.39 is 5.97 Å². The average molecular weight is 476 g/mol. The first-order valence-corrected chi connectivity index (χ1v) is 11.5. The van der Waals surface area contributed by atoms with Crippen LogP contribution >= 0.6 is 23.1 Å². The lowest BCUT2D eigenvalue weighted by molar-refractivity contribution is -0.113. The number of thioether (sulfide) groups is 1. The summed E-state index contributed by atoms with van der Waals surface area (Å²) in [5.41, 5.74) is 2.09. The summed E-state index contributed by atoms with van der Waals surface area (Å²) >= 11 is 2.54. The van der Waals surface area contributed by atoms with Gasteiger partial charge in [-0.25, -0.2) is 4.79 Å². The van der Waals surface area contributed by atoms with Crippen LogP contribution in [-0.2, 0) is 22.4 Å². The van der Waals surface area contributed by atoms with Gasteiger partial charge in [0.15, 0.2) is 0 Å². The largest absolute Gasteiger partial charge is 0.497 e. The summed E-state index contributed by atoms with van der Waals surface area (Å²) in [5.74, 6) is 0.815. The smallest absolute Gasteiger partial charge is 0.341 e. The fourth-order valence-electron chi connectivity index (χ4n) is 3.42. The van der Waals surface area contributed by atoms with Crippen molar-refractivity contribution in [2.24, 2.45) is 0 Å². The highest BCUT2D eigenvalue weighted by Crippen LogP contribution is 2.39. The number of esters is 1. The minimum Gasteiger partial charge on any atom is -0.497 e. The second-order valence-electron chi connectivity index (χ2n) is 6.86. The third-order valence-corrected chi connectivity index (χ3v) is 6.92. The van der Waals surface area contributed by atoms with E-state index in [1.807, 2.05) is 0 Å². The summed E-state index contributed by atoms with van der Waals surface area (Å²) < 4.78 is 21.1. The van der Waals surface area contributed by atoms with E-state index >= 15 is 0 Å². The van der Waals surface area contributed by atoms with Crippen LogP contribution in [0.3, 0.4) is 0 Å². The van der Waals surface area contributed by atoms with Gasteiger partial charge in [-0.2, -0.15) is 0 Å². The number of anilines is 1. The zero-order valence-corrected chi connectivity index (χ0v) is 19.4. The van der Waals surface area contributed by atoms with Gasteiger partial charge < -0.3 is 23.9 Å². The number of rotatable bonds is 8. The van der Waals surface area contributed by atoms with E-state index in [9.17, 15) is 9.59 Å². The van der Waals surface area contributed by atoms with Gasteiger partial charge in [-0.3, -0.25) is 4.79 Å². The number of aryl methyl sites for hydroxylation is 1. The molecule has 1 aliphatic carbocycles. The third kappa shape index (κ3) is 4.58. The molecule has 1 N–H and O–H groups in total. The quantitative estimate of drug-likeness (QED) is 0.384. The van der Waals surface area contributed by atoms with Crippen molar-refractivity contribution < 1.29 is 28.2 Å². The summed E-state index contributed by atoms with van der Waals surface area (Å²) in [4.78, 5) is 25.9. The summed E-state index contributed by atoms with van der Waals surface area (Å²) in [6, 6.07) is 5.24. The summed E-state index contributed by atoms with van der Waals surface area (Å²) in [7, 11) is 4.45. The Balaban J connectivity index is 1.42. The fraction of sp³-hybridized carbons (Fsp3) is 0.333. The average Bonchev–Trinajstić information content (AvgIpc) is 3.53. The van der Waals surface area contributed by atoms with Gasteiger partial charge in [0.2, 0.25) is 11.8 Å². The molecule has 2 heterocycles. The number of aromatic nitrogens is 2. The molecule has 4 rings (SSSR count). The second kappa shape index (κ2) is 9.61. The van der Waals surface area contributed by atoms with E-state index in [4.69, 9.17) is 18.6 Å². The lowest BCUT2D eigenvalue weighted by Crippen LogP contribution is -2.16. The Labute approximate surface area is 192 Å². The van der Waals surface area contributed by atoms with Crippen LogP contribution in [0.1, 0.15) is 27.2 Å². The molecule has 3 aromatic rings. The minimum atomic E-state index is -0.428. The van der Waals surface area contributed by atoms with Gasteiger partial charge in [0.05, 0.1) is 32.6 Å². The predicted octanol–water partition coefficient (Wildman–Crippen LogP) is 3.82. The van der Waals surface area contributed by atoms with Gasteiger partial charge in [0.25, 0.3) is 5.22 Å². The Kier molecular flexibility index (Phi) is 6.66. The van der Waals surface area contributed by atoms with Crippen LogP contribution in [0.25, 0.3) is 11.5 Å². The summed E-state index contributed by atoms with van der Waals surface area (Å²) in [6.07, 6.45) is 2.74. The molecule has 32 heavy (non-hydrogen) atoms. The standard InChI is InChI=1S/C21H21N3O6S2/c1-27-12-7-11(8-13(9-12)28-2)18-23-24-21(30-18)31-10-16(25)22-19-17(20(26)29-3)14-5-4-6-15(14)32-19/h7-9H,4-6,10H2,1-3H3,(H,22,25). The van der Waals surface area contributed by atoms with Crippen molar-refractivity contribution >= 4 is 40.0 Å². The molecular weight excluding hydrogens is 454 g/mol. The predicted molar refractivity (Wildman–Crippen MR) is 120 cm³/mol. The van der Waals surface area contributed by atoms with E-state index in [-0.39, 0.29) is 22.8 Å². The molecule has 0 unspecified atom stereocenters. The Hall–Kier alpha value is -3.05. The van der Waals surface area contributed by atoms with E-state index in [0.29, 0.717) is 27.6 Å². The van der Waals surface area contributed by atoms with Crippen LogP contribution in [-0.4, -0.2) is 49.2 Å². The Bertz CT molecular complexity index is 1130. The molecule has 1 amide bonds. The molecule has 2 aromatic heterocycles. The normalized spacial score (nSPS) is 12.3.